The van der Waals surface area contributed by atoms with Crippen LogP contribution in [0.5, 0.6) is 5.75 Å². The van der Waals surface area contributed by atoms with Gasteiger partial charge in [-0.1, -0.05) is 37.6 Å². The lowest BCUT2D eigenvalue weighted by atomic mass is 9.92. The molecule has 0 spiro atoms. The molecule has 0 N–H and O–H groups in total. The molecule has 162 valence electrons. The van der Waals surface area contributed by atoms with Gasteiger partial charge in [0.15, 0.2) is 0 Å². The summed E-state index contributed by atoms with van der Waals surface area (Å²) in [4.78, 5) is 29.8. The van der Waals surface area contributed by atoms with E-state index in [0.29, 0.717) is 18.7 Å². The number of hydrogen-bond donors (Lipinski definition) is 0. The Hall–Kier alpha value is -3.33. The van der Waals surface area contributed by atoms with E-state index in [9.17, 15) is 9.59 Å². The molecule has 0 radical (unpaired) electrons. The first-order valence-electron chi connectivity index (χ1n) is 10.7. The zero-order valence-electron chi connectivity index (χ0n) is 18.4. The van der Waals surface area contributed by atoms with Gasteiger partial charge < -0.3 is 14.5 Å². The van der Waals surface area contributed by atoms with Crippen LogP contribution >= 0.6 is 0 Å². The van der Waals surface area contributed by atoms with E-state index in [1.54, 1.807) is 31.2 Å². The van der Waals surface area contributed by atoms with Crippen LogP contribution in [0.3, 0.4) is 0 Å². The van der Waals surface area contributed by atoms with Crippen LogP contribution in [0.15, 0.2) is 48.5 Å². The van der Waals surface area contributed by atoms with Crippen molar-refractivity contribution in [1.29, 1.82) is 5.26 Å². The molecule has 2 aromatic carbocycles. The monoisotopic (exact) mass is 419 g/mol. The van der Waals surface area contributed by atoms with Gasteiger partial charge in [0.1, 0.15) is 5.75 Å². The van der Waals surface area contributed by atoms with E-state index in [1.165, 1.54) is 0 Å². The van der Waals surface area contributed by atoms with Crippen LogP contribution in [-0.2, 0) is 16.1 Å². The van der Waals surface area contributed by atoms with Crippen molar-refractivity contribution in [2.75, 3.05) is 20.7 Å². The van der Waals surface area contributed by atoms with Gasteiger partial charge in [0.25, 0.3) is 0 Å². The Kier molecular flexibility index (Phi) is 7.30. The minimum Gasteiger partial charge on any atom is -0.497 e. The molecule has 1 heterocycles. The molecule has 31 heavy (non-hydrogen) atoms. The summed E-state index contributed by atoms with van der Waals surface area (Å²) in [6.45, 7) is 3.17. The average molecular weight is 420 g/mol. The molecule has 0 aliphatic carbocycles. The first-order valence-corrected chi connectivity index (χ1v) is 10.7. The van der Waals surface area contributed by atoms with Crippen molar-refractivity contribution in [1.82, 2.24) is 9.80 Å². The van der Waals surface area contributed by atoms with Crippen molar-refractivity contribution >= 4 is 11.8 Å². The normalized spacial score (nSPS) is 18.0. The maximum atomic E-state index is 13.4. The molecular weight excluding hydrogens is 390 g/mol. The maximum Gasteiger partial charge on any atom is 0.228 e. The number of nitrogens with zero attached hydrogens (tertiary/aromatic N) is 3. The van der Waals surface area contributed by atoms with E-state index in [-0.39, 0.29) is 24.3 Å². The molecule has 2 unspecified atom stereocenters. The Morgan fingerprint density at radius 1 is 1.19 bits per heavy atom. The molecule has 1 fully saturated rings. The van der Waals surface area contributed by atoms with Crippen LogP contribution in [0.1, 0.15) is 48.9 Å². The number of ether oxygens (including phenoxy) is 1. The van der Waals surface area contributed by atoms with Gasteiger partial charge in [-0.3, -0.25) is 9.59 Å². The van der Waals surface area contributed by atoms with Crippen LogP contribution in [0.25, 0.3) is 0 Å². The number of methoxy groups -OCH3 is 1. The molecule has 2 amide bonds. The van der Waals surface area contributed by atoms with Gasteiger partial charge in [0.2, 0.25) is 11.8 Å². The summed E-state index contributed by atoms with van der Waals surface area (Å²) < 4.78 is 5.26. The van der Waals surface area contributed by atoms with Crippen LogP contribution in [0.4, 0.5) is 0 Å². The van der Waals surface area contributed by atoms with E-state index in [2.05, 4.69) is 13.0 Å². The highest BCUT2D eigenvalue weighted by atomic mass is 16.5. The highest BCUT2D eigenvalue weighted by Gasteiger charge is 2.45. The van der Waals surface area contributed by atoms with Gasteiger partial charge in [-0.25, -0.2) is 0 Å². The predicted octanol–water partition coefficient (Wildman–Crippen LogP) is 3.92. The van der Waals surface area contributed by atoms with Crippen molar-refractivity contribution in [3.8, 4) is 11.8 Å². The Morgan fingerprint density at radius 2 is 1.87 bits per heavy atom. The van der Waals surface area contributed by atoms with E-state index < -0.39 is 5.92 Å². The minimum absolute atomic E-state index is 0.0272. The van der Waals surface area contributed by atoms with Gasteiger partial charge in [-0.15, -0.1) is 0 Å². The summed E-state index contributed by atoms with van der Waals surface area (Å²) in [6.07, 6.45) is 2.10. The minimum atomic E-state index is -0.430. The molecule has 0 saturated carbocycles. The molecule has 3 rings (SSSR count). The first kappa shape index (κ1) is 22.4. The quantitative estimate of drug-likeness (QED) is 0.650. The molecule has 2 atom stereocenters. The summed E-state index contributed by atoms with van der Waals surface area (Å²) in [5.74, 6) is 0.298. The maximum absolute atomic E-state index is 13.4. The van der Waals surface area contributed by atoms with Crippen LogP contribution in [0.2, 0.25) is 0 Å². The molecule has 2 aromatic rings. The first-order chi connectivity index (χ1) is 15.0. The second-order valence-corrected chi connectivity index (χ2v) is 7.97. The summed E-state index contributed by atoms with van der Waals surface area (Å²) >= 11 is 0. The van der Waals surface area contributed by atoms with Gasteiger partial charge in [0.05, 0.1) is 30.7 Å². The van der Waals surface area contributed by atoms with Gasteiger partial charge in [-0.05, 0) is 41.8 Å². The summed E-state index contributed by atoms with van der Waals surface area (Å²) in [5.41, 5.74) is 2.49. The Labute approximate surface area is 184 Å². The number of carbonyl (C=O) groups is 2. The fourth-order valence-corrected chi connectivity index (χ4v) is 4.14. The van der Waals surface area contributed by atoms with Crippen LogP contribution in [0, 0.1) is 17.2 Å². The molecule has 1 saturated heterocycles. The number of unbranched alkanes of at least 4 members (excludes halogenated alkanes) is 1. The molecule has 6 nitrogen and oxygen atoms in total. The van der Waals surface area contributed by atoms with Crippen molar-refractivity contribution < 1.29 is 14.3 Å². The zero-order valence-corrected chi connectivity index (χ0v) is 18.4. The Bertz CT molecular complexity index is 947. The van der Waals surface area contributed by atoms with Crippen molar-refractivity contribution in [2.24, 2.45) is 5.92 Å². The standard InChI is InChI=1S/C25H29N3O3/c1-4-5-14-28-23(29)15-22(24(28)20-10-12-21(31-3)13-11-20)25(30)27(2)17-19-8-6-18(16-26)7-9-19/h6-13,22,24H,4-5,14-15,17H2,1-3H3. The fourth-order valence-electron chi connectivity index (χ4n) is 4.14. The summed E-state index contributed by atoms with van der Waals surface area (Å²) in [6, 6.07) is 16.7. The molecule has 6 heteroatoms. The SMILES string of the molecule is CCCCN1C(=O)CC(C(=O)N(C)Cc2ccc(C#N)cc2)C1c1ccc(OC)cc1. The Balaban J connectivity index is 1.83. The zero-order chi connectivity index (χ0) is 22.4. The smallest absolute Gasteiger partial charge is 0.228 e. The topological polar surface area (TPSA) is 73.6 Å². The van der Waals surface area contributed by atoms with Crippen LogP contribution in [-0.4, -0.2) is 42.3 Å². The number of carbonyl (C=O) groups excluding carboxylic acids is 2. The molecular formula is C25H29N3O3. The van der Waals surface area contributed by atoms with E-state index in [0.717, 1.165) is 29.7 Å². The van der Waals surface area contributed by atoms with Gasteiger partial charge in [0, 0.05) is 26.6 Å². The van der Waals surface area contributed by atoms with Crippen molar-refractivity contribution in [3.05, 3.63) is 65.2 Å². The lowest BCUT2D eigenvalue weighted by molar-refractivity contribution is -0.135. The number of hydrogen-bond acceptors (Lipinski definition) is 4. The second kappa shape index (κ2) is 10.1. The highest BCUT2D eigenvalue weighted by Crippen LogP contribution is 2.40. The van der Waals surface area contributed by atoms with Gasteiger partial charge in [-0.2, -0.15) is 5.26 Å². The highest BCUT2D eigenvalue weighted by molar-refractivity contribution is 5.90. The predicted molar refractivity (Wildman–Crippen MR) is 118 cm³/mol. The third-order valence-corrected chi connectivity index (χ3v) is 5.84. The second-order valence-electron chi connectivity index (χ2n) is 7.97. The lowest BCUT2D eigenvalue weighted by Gasteiger charge is -2.30. The number of nitriles is 1. The van der Waals surface area contributed by atoms with Crippen molar-refractivity contribution in [2.45, 2.75) is 38.8 Å². The summed E-state index contributed by atoms with van der Waals surface area (Å²) in [7, 11) is 3.39. The summed E-state index contributed by atoms with van der Waals surface area (Å²) in [5, 5.41) is 8.96. The largest absolute Gasteiger partial charge is 0.497 e. The molecule has 1 aliphatic rings. The van der Waals surface area contributed by atoms with Crippen LogP contribution < -0.4 is 4.74 Å². The number of benzene rings is 2. The molecule has 1 aliphatic heterocycles. The number of rotatable bonds is 8. The molecule has 0 aromatic heterocycles. The van der Waals surface area contributed by atoms with E-state index in [1.807, 2.05) is 41.3 Å². The number of amides is 2. The third-order valence-electron chi connectivity index (χ3n) is 5.84. The fraction of sp³-hybridized carbons (Fsp3) is 0.400. The average Bonchev–Trinajstić information content (AvgIpc) is 3.13. The lowest BCUT2D eigenvalue weighted by Crippen LogP contribution is -2.37. The van der Waals surface area contributed by atoms with Gasteiger partial charge >= 0.3 is 0 Å². The Morgan fingerprint density at radius 3 is 2.45 bits per heavy atom. The van der Waals surface area contributed by atoms with E-state index in [4.69, 9.17) is 10.00 Å². The number of likely N-dealkylation sites (tertiary alicyclic amines) is 1. The molecule has 0 bridgehead atoms. The van der Waals surface area contributed by atoms with E-state index >= 15 is 0 Å². The van der Waals surface area contributed by atoms with Crippen molar-refractivity contribution in [3.63, 3.8) is 0 Å². The third kappa shape index (κ3) is 5.05.